The number of nitriles is 1. The van der Waals surface area contributed by atoms with Gasteiger partial charge in [0.15, 0.2) is 0 Å². The maximum atomic E-state index is 8.66. The molecule has 0 saturated carbocycles. The van der Waals surface area contributed by atoms with Crippen LogP contribution in [0.15, 0.2) is 24.3 Å². The predicted octanol–water partition coefficient (Wildman–Crippen LogP) is 5.21. The average Bonchev–Trinajstić information content (AvgIpc) is 2.46. The molecule has 2 aromatic rings. The Labute approximate surface area is 140 Å². The summed E-state index contributed by atoms with van der Waals surface area (Å²) >= 11 is 0. The summed E-state index contributed by atoms with van der Waals surface area (Å²) in [4.78, 5) is 8.39. The van der Waals surface area contributed by atoms with Gasteiger partial charge in [-0.15, -0.1) is 0 Å². The van der Waals surface area contributed by atoms with E-state index in [1.165, 1.54) is 11.1 Å². The van der Waals surface area contributed by atoms with E-state index in [2.05, 4.69) is 55.9 Å². The van der Waals surface area contributed by atoms with Crippen molar-refractivity contribution in [3.05, 3.63) is 58.2 Å². The molecule has 0 atom stereocenters. The first-order valence-corrected chi connectivity index (χ1v) is 8.06. The van der Waals surface area contributed by atoms with E-state index < -0.39 is 0 Å². The maximum absolute atomic E-state index is 8.66. The Balaban J connectivity index is 0.000000231. The summed E-state index contributed by atoms with van der Waals surface area (Å²) in [6.45, 7) is 14.6. The van der Waals surface area contributed by atoms with Gasteiger partial charge in [0, 0.05) is 17.1 Å². The van der Waals surface area contributed by atoms with Crippen molar-refractivity contribution < 1.29 is 0 Å². The fourth-order valence-electron chi connectivity index (χ4n) is 2.29. The molecule has 2 aromatic heterocycles. The van der Waals surface area contributed by atoms with E-state index in [4.69, 9.17) is 5.26 Å². The van der Waals surface area contributed by atoms with E-state index in [0.717, 1.165) is 17.1 Å². The van der Waals surface area contributed by atoms with Gasteiger partial charge >= 0.3 is 0 Å². The van der Waals surface area contributed by atoms with E-state index in [-0.39, 0.29) is 0 Å². The molecule has 0 aliphatic carbocycles. The van der Waals surface area contributed by atoms with Gasteiger partial charge in [0.1, 0.15) is 11.8 Å². The van der Waals surface area contributed by atoms with Gasteiger partial charge in [0.25, 0.3) is 0 Å². The van der Waals surface area contributed by atoms with Crippen molar-refractivity contribution in [1.82, 2.24) is 9.97 Å². The monoisotopic (exact) mass is 309 g/mol. The molecule has 0 aromatic carbocycles. The van der Waals surface area contributed by atoms with Gasteiger partial charge in [-0.05, 0) is 68.0 Å². The molecule has 0 N–H and O–H groups in total. The van der Waals surface area contributed by atoms with E-state index in [1.807, 2.05) is 32.9 Å². The van der Waals surface area contributed by atoms with Crippen molar-refractivity contribution in [3.63, 3.8) is 0 Å². The van der Waals surface area contributed by atoms with Crippen LogP contribution in [0, 0.1) is 32.1 Å². The van der Waals surface area contributed by atoms with Crippen LogP contribution in [-0.4, -0.2) is 9.97 Å². The highest BCUT2D eigenvalue weighted by Gasteiger charge is 2.02. The van der Waals surface area contributed by atoms with Crippen LogP contribution in [-0.2, 0) is 0 Å². The Morgan fingerprint density at radius 2 is 1.13 bits per heavy atom. The zero-order valence-corrected chi connectivity index (χ0v) is 15.3. The molecule has 23 heavy (non-hydrogen) atoms. The van der Waals surface area contributed by atoms with Crippen LogP contribution in [0.3, 0.4) is 0 Å². The second-order valence-corrected chi connectivity index (χ2v) is 6.53. The molecule has 122 valence electrons. The lowest BCUT2D eigenvalue weighted by molar-refractivity contribution is 0.854. The first-order valence-electron chi connectivity index (χ1n) is 8.06. The number of aryl methyl sites for hydroxylation is 3. The van der Waals surface area contributed by atoms with Crippen LogP contribution in [0.25, 0.3) is 0 Å². The lowest BCUT2D eigenvalue weighted by Gasteiger charge is -2.06. The summed E-state index contributed by atoms with van der Waals surface area (Å²) in [5.74, 6) is 1.06. The zero-order chi connectivity index (χ0) is 17.6. The van der Waals surface area contributed by atoms with Crippen LogP contribution >= 0.6 is 0 Å². The smallest absolute Gasteiger partial charge is 0.141 e. The van der Waals surface area contributed by atoms with Gasteiger partial charge in [0.2, 0.25) is 0 Å². The second kappa shape index (κ2) is 8.43. The lowest BCUT2D eigenvalue weighted by atomic mass is 10.0. The van der Waals surface area contributed by atoms with Gasteiger partial charge in [0.05, 0.1) is 0 Å². The van der Waals surface area contributed by atoms with E-state index in [9.17, 15) is 0 Å². The van der Waals surface area contributed by atoms with Gasteiger partial charge in [-0.2, -0.15) is 5.26 Å². The molecule has 0 amide bonds. The number of pyridine rings is 2. The number of hydrogen-bond acceptors (Lipinski definition) is 3. The molecule has 3 nitrogen and oxygen atoms in total. The Hall–Kier alpha value is -2.21. The van der Waals surface area contributed by atoms with E-state index in [0.29, 0.717) is 17.5 Å². The second-order valence-electron chi connectivity index (χ2n) is 6.53. The molecule has 2 rings (SSSR count). The molecule has 0 radical (unpaired) electrons. The summed E-state index contributed by atoms with van der Waals surface area (Å²) in [7, 11) is 0. The third kappa shape index (κ3) is 6.20. The van der Waals surface area contributed by atoms with Crippen molar-refractivity contribution in [2.45, 2.75) is 60.3 Å². The normalized spacial score (nSPS) is 10.3. The quantitative estimate of drug-likeness (QED) is 0.765. The van der Waals surface area contributed by atoms with Crippen LogP contribution in [0.2, 0.25) is 0 Å². The Kier molecular flexibility index (Phi) is 6.90. The van der Waals surface area contributed by atoms with Crippen LogP contribution in [0.1, 0.15) is 73.4 Å². The Morgan fingerprint density at radius 3 is 1.52 bits per heavy atom. The summed E-state index contributed by atoms with van der Waals surface area (Å²) in [6, 6.07) is 10.2. The predicted molar refractivity (Wildman–Crippen MR) is 95.6 cm³/mol. The Morgan fingerprint density at radius 1 is 0.739 bits per heavy atom. The molecule has 3 heteroatoms. The number of aromatic nitrogens is 2. The van der Waals surface area contributed by atoms with Crippen LogP contribution in [0.5, 0.6) is 0 Å². The first-order chi connectivity index (χ1) is 10.7. The van der Waals surface area contributed by atoms with E-state index in [1.54, 1.807) is 0 Å². The fourth-order valence-corrected chi connectivity index (χ4v) is 2.29. The number of rotatable bonds is 2. The summed E-state index contributed by atoms with van der Waals surface area (Å²) in [5, 5.41) is 8.66. The van der Waals surface area contributed by atoms with Gasteiger partial charge in [-0.25, -0.2) is 4.98 Å². The highest BCUT2D eigenvalue weighted by atomic mass is 14.7. The minimum absolute atomic E-state index is 0.457. The van der Waals surface area contributed by atoms with Crippen molar-refractivity contribution in [1.29, 1.82) is 5.26 Å². The summed E-state index contributed by atoms with van der Waals surface area (Å²) in [6.07, 6.45) is 0. The molecule has 0 bridgehead atoms. The van der Waals surface area contributed by atoms with Gasteiger partial charge in [-0.1, -0.05) is 27.7 Å². The van der Waals surface area contributed by atoms with Crippen molar-refractivity contribution in [2.24, 2.45) is 0 Å². The molecule has 0 fully saturated rings. The SMILES string of the molecule is Cc1cc(C(C)C)cc(C#N)n1.Cc1cc(C(C)C)cc(C)n1. The highest BCUT2D eigenvalue weighted by Crippen LogP contribution is 2.16. The zero-order valence-electron chi connectivity index (χ0n) is 15.3. The first kappa shape index (κ1) is 18.8. The topological polar surface area (TPSA) is 49.6 Å². The van der Waals surface area contributed by atoms with Crippen LogP contribution in [0.4, 0.5) is 0 Å². The molecular weight excluding hydrogens is 282 g/mol. The lowest BCUT2D eigenvalue weighted by Crippen LogP contribution is -1.93. The largest absolute Gasteiger partial charge is 0.258 e. The number of nitrogens with zero attached hydrogens (tertiary/aromatic N) is 3. The molecule has 0 aliphatic rings. The van der Waals surface area contributed by atoms with Gasteiger partial charge in [-0.3, -0.25) is 4.98 Å². The molecule has 2 heterocycles. The maximum Gasteiger partial charge on any atom is 0.141 e. The molecule has 0 unspecified atom stereocenters. The average molecular weight is 309 g/mol. The standard InChI is InChI=1S/C10H12N2.C10H15N/c1-7(2)9-4-8(3)12-10(5-9)6-11;1-7(2)10-5-8(3)11-9(4)6-10/h4-5,7H,1-3H3;5-7H,1-4H3. The molecular formula is C20H27N3. The minimum Gasteiger partial charge on any atom is -0.258 e. The van der Waals surface area contributed by atoms with E-state index >= 15 is 0 Å². The molecule has 0 saturated heterocycles. The molecule has 0 aliphatic heterocycles. The van der Waals surface area contributed by atoms with Crippen LogP contribution < -0.4 is 0 Å². The Bertz CT molecular complexity index is 674. The fraction of sp³-hybridized carbons (Fsp3) is 0.450. The molecule has 0 spiro atoms. The van der Waals surface area contributed by atoms with Crippen molar-refractivity contribution >= 4 is 0 Å². The highest BCUT2D eigenvalue weighted by molar-refractivity contribution is 5.30. The van der Waals surface area contributed by atoms with Crippen molar-refractivity contribution in [2.75, 3.05) is 0 Å². The third-order valence-corrected chi connectivity index (χ3v) is 3.53. The summed E-state index contributed by atoms with van der Waals surface area (Å²) in [5.41, 5.74) is 6.23. The third-order valence-electron chi connectivity index (χ3n) is 3.53. The van der Waals surface area contributed by atoms with Gasteiger partial charge < -0.3 is 0 Å². The minimum atomic E-state index is 0.457. The summed E-state index contributed by atoms with van der Waals surface area (Å²) < 4.78 is 0. The van der Waals surface area contributed by atoms with Crippen molar-refractivity contribution in [3.8, 4) is 6.07 Å². The number of hydrogen-bond donors (Lipinski definition) is 0.